The van der Waals surface area contributed by atoms with Crippen LogP contribution in [0, 0.1) is 5.82 Å². The molecule has 0 spiro atoms. The molecule has 1 saturated heterocycles. The van der Waals surface area contributed by atoms with Crippen molar-refractivity contribution in [2.24, 2.45) is 4.99 Å². The van der Waals surface area contributed by atoms with Gasteiger partial charge in [0.2, 0.25) is 0 Å². The number of benzene rings is 1. The Labute approximate surface area is 131 Å². The van der Waals surface area contributed by atoms with Crippen LogP contribution in [-0.4, -0.2) is 57.4 Å². The number of guanidine groups is 1. The molecule has 2 rings (SSSR count). The summed E-state index contributed by atoms with van der Waals surface area (Å²) in [6, 6.07) is 6.48. The highest BCUT2D eigenvalue weighted by Gasteiger charge is 2.28. The number of hydrogen-bond donors (Lipinski definition) is 1. The van der Waals surface area contributed by atoms with Gasteiger partial charge in [-0.05, 0) is 24.6 Å². The van der Waals surface area contributed by atoms with Crippen LogP contribution < -0.4 is 5.32 Å². The van der Waals surface area contributed by atoms with Crippen LogP contribution in [0.2, 0.25) is 0 Å². The van der Waals surface area contributed by atoms with Crippen LogP contribution in [0.3, 0.4) is 0 Å². The summed E-state index contributed by atoms with van der Waals surface area (Å²) in [5, 5.41) is 3.28. The average Bonchev–Trinajstić information content (AvgIpc) is 2.52. The number of morpholine rings is 1. The highest BCUT2D eigenvalue weighted by molar-refractivity contribution is 5.80. The lowest BCUT2D eigenvalue weighted by molar-refractivity contribution is -0.0605. The summed E-state index contributed by atoms with van der Waals surface area (Å²) in [6.07, 6.45) is -0.0184. The second-order valence-corrected chi connectivity index (χ2v) is 5.36. The fourth-order valence-corrected chi connectivity index (χ4v) is 2.58. The molecule has 2 unspecified atom stereocenters. The van der Waals surface area contributed by atoms with Crippen LogP contribution >= 0.6 is 0 Å². The quantitative estimate of drug-likeness (QED) is 0.523. The molecule has 0 radical (unpaired) electrons. The first kappa shape index (κ1) is 16.7. The normalized spacial score (nSPS) is 22.7. The minimum Gasteiger partial charge on any atom is -0.383 e. The van der Waals surface area contributed by atoms with Crippen molar-refractivity contribution >= 4 is 5.96 Å². The van der Waals surface area contributed by atoms with Gasteiger partial charge in [0, 0.05) is 27.2 Å². The van der Waals surface area contributed by atoms with E-state index in [2.05, 4.69) is 15.2 Å². The second-order valence-electron chi connectivity index (χ2n) is 5.36. The summed E-state index contributed by atoms with van der Waals surface area (Å²) < 4.78 is 24.1. The van der Waals surface area contributed by atoms with Gasteiger partial charge in [0.25, 0.3) is 0 Å². The van der Waals surface area contributed by atoms with Crippen LogP contribution in [-0.2, 0) is 9.47 Å². The van der Waals surface area contributed by atoms with Gasteiger partial charge in [0.15, 0.2) is 5.96 Å². The molecule has 1 aliphatic heterocycles. The van der Waals surface area contributed by atoms with Crippen molar-refractivity contribution in [3.05, 3.63) is 35.6 Å². The highest BCUT2D eigenvalue weighted by atomic mass is 19.1. The third-order valence-electron chi connectivity index (χ3n) is 3.60. The smallest absolute Gasteiger partial charge is 0.193 e. The molecule has 0 saturated carbocycles. The van der Waals surface area contributed by atoms with E-state index in [1.54, 1.807) is 26.3 Å². The monoisotopic (exact) mass is 309 g/mol. The SMILES string of the molecule is CN=C(NCCOC)N1CC(C)OC(c2ccc(F)cc2)C1. The average molecular weight is 309 g/mol. The van der Waals surface area contributed by atoms with Gasteiger partial charge >= 0.3 is 0 Å². The van der Waals surface area contributed by atoms with Crippen molar-refractivity contribution < 1.29 is 13.9 Å². The van der Waals surface area contributed by atoms with Crippen LogP contribution in [0.4, 0.5) is 4.39 Å². The first-order valence-corrected chi connectivity index (χ1v) is 7.49. The predicted molar refractivity (Wildman–Crippen MR) is 84.5 cm³/mol. The van der Waals surface area contributed by atoms with E-state index in [-0.39, 0.29) is 18.0 Å². The summed E-state index contributed by atoms with van der Waals surface area (Å²) >= 11 is 0. The molecule has 1 fully saturated rings. The third-order valence-corrected chi connectivity index (χ3v) is 3.60. The van der Waals surface area contributed by atoms with E-state index in [1.165, 1.54) is 12.1 Å². The summed E-state index contributed by atoms with van der Waals surface area (Å²) in [5.74, 6) is 0.598. The molecule has 122 valence electrons. The van der Waals surface area contributed by atoms with Gasteiger partial charge in [0.1, 0.15) is 11.9 Å². The fraction of sp³-hybridized carbons (Fsp3) is 0.562. The van der Waals surface area contributed by atoms with Crippen molar-refractivity contribution in [1.29, 1.82) is 0 Å². The first-order valence-electron chi connectivity index (χ1n) is 7.49. The van der Waals surface area contributed by atoms with E-state index in [0.717, 1.165) is 18.1 Å². The van der Waals surface area contributed by atoms with Gasteiger partial charge in [-0.25, -0.2) is 4.39 Å². The Morgan fingerprint density at radius 2 is 2.14 bits per heavy atom. The molecule has 22 heavy (non-hydrogen) atoms. The van der Waals surface area contributed by atoms with Crippen LogP contribution in [0.1, 0.15) is 18.6 Å². The minimum atomic E-state index is -0.235. The molecule has 0 bridgehead atoms. The molecule has 2 atom stereocenters. The summed E-state index contributed by atoms with van der Waals surface area (Å²) in [4.78, 5) is 6.49. The summed E-state index contributed by atoms with van der Waals surface area (Å²) in [7, 11) is 3.44. The maximum Gasteiger partial charge on any atom is 0.193 e. The number of nitrogens with zero attached hydrogens (tertiary/aromatic N) is 2. The van der Waals surface area contributed by atoms with E-state index in [0.29, 0.717) is 19.7 Å². The molecule has 1 heterocycles. The number of rotatable bonds is 4. The van der Waals surface area contributed by atoms with Gasteiger partial charge in [-0.1, -0.05) is 12.1 Å². The number of ether oxygens (including phenoxy) is 2. The molecule has 1 N–H and O–H groups in total. The lowest BCUT2D eigenvalue weighted by Crippen LogP contribution is -2.51. The lowest BCUT2D eigenvalue weighted by Gasteiger charge is -2.38. The Morgan fingerprint density at radius 3 is 2.77 bits per heavy atom. The van der Waals surface area contributed by atoms with Gasteiger partial charge in [-0.3, -0.25) is 4.99 Å². The molecule has 1 aromatic rings. The molecule has 6 heteroatoms. The molecular formula is C16H24FN3O2. The zero-order valence-corrected chi connectivity index (χ0v) is 13.4. The Hall–Kier alpha value is -1.66. The van der Waals surface area contributed by atoms with Gasteiger partial charge in [0.05, 0.1) is 19.3 Å². The third kappa shape index (κ3) is 4.42. The molecule has 0 aromatic heterocycles. The fourth-order valence-electron chi connectivity index (χ4n) is 2.58. The number of hydrogen-bond acceptors (Lipinski definition) is 3. The largest absolute Gasteiger partial charge is 0.383 e. The zero-order chi connectivity index (χ0) is 15.9. The van der Waals surface area contributed by atoms with Gasteiger partial charge in [-0.2, -0.15) is 0 Å². The van der Waals surface area contributed by atoms with E-state index in [1.807, 2.05) is 6.92 Å². The first-order chi connectivity index (χ1) is 10.6. The Kier molecular flexibility index (Phi) is 6.15. The van der Waals surface area contributed by atoms with E-state index >= 15 is 0 Å². The maximum absolute atomic E-state index is 13.1. The van der Waals surface area contributed by atoms with Crippen LogP contribution in [0.15, 0.2) is 29.3 Å². The number of methoxy groups -OCH3 is 1. The van der Waals surface area contributed by atoms with E-state index in [4.69, 9.17) is 9.47 Å². The summed E-state index contributed by atoms with van der Waals surface area (Å²) in [5.41, 5.74) is 0.977. The highest BCUT2D eigenvalue weighted by Crippen LogP contribution is 2.25. The molecule has 0 aliphatic carbocycles. The Balaban J connectivity index is 2.05. The number of halogens is 1. The van der Waals surface area contributed by atoms with Gasteiger partial charge in [-0.15, -0.1) is 0 Å². The molecular weight excluding hydrogens is 285 g/mol. The standard InChI is InChI=1S/C16H24FN3O2/c1-12-10-20(16(18-2)19-8-9-21-3)11-15(22-12)13-4-6-14(17)7-5-13/h4-7,12,15H,8-11H2,1-3H3,(H,18,19). The molecule has 1 aromatic carbocycles. The van der Waals surface area contributed by atoms with Crippen molar-refractivity contribution in [3.8, 4) is 0 Å². The number of nitrogens with one attached hydrogen (secondary N) is 1. The summed E-state index contributed by atoms with van der Waals surface area (Å²) in [6.45, 7) is 4.81. The molecule has 0 amide bonds. The van der Waals surface area contributed by atoms with Crippen molar-refractivity contribution in [3.63, 3.8) is 0 Å². The predicted octanol–water partition coefficient (Wildman–Crippen LogP) is 1.81. The van der Waals surface area contributed by atoms with E-state index < -0.39 is 0 Å². The van der Waals surface area contributed by atoms with Crippen LogP contribution in [0.25, 0.3) is 0 Å². The van der Waals surface area contributed by atoms with Gasteiger partial charge < -0.3 is 19.7 Å². The Morgan fingerprint density at radius 1 is 1.41 bits per heavy atom. The van der Waals surface area contributed by atoms with Crippen LogP contribution in [0.5, 0.6) is 0 Å². The zero-order valence-electron chi connectivity index (χ0n) is 13.4. The van der Waals surface area contributed by atoms with Crippen molar-refractivity contribution in [2.45, 2.75) is 19.1 Å². The number of aliphatic imine (C=N–C) groups is 1. The van der Waals surface area contributed by atoms with E-state index in [9.17, 15) is 4.39 Å². The maximum atomic E-state index is 13.1. The minimum absolute atomic E-state index is 0.0739. The topological polar surface area (TPSA) is 46.1 Å². The second kappa shape index (κ2) is 8.10. The molecule has 5 nitrogen and oxygen atoms in total. The van der Waals surface area contributed by atoms with Crippen molar-refractivity contribution in [2.75, 3.05) is 40.4 Å². The van der Waals surface area contributed by atoms with Crippen molar-refractivity contribution in [1.82, 2.24) is 10.2 Å². The molecule has 1 aliphatic rings. The Bertz CT molecular complexity index is 493. The lowest BCUT2D eigenvalue weighted by atomic mass is 10.1.